The van der Waals surface area contributed by atoms with Crippen LogP contribution in [0, 0.1) is 0 Å². The Balaban J connectivity index is 1.35. The molecule has 0 radical (unpaired) electrons. The van der Waals surface area contributed by atoms with E-state index in [0.717, 1.165) is 48.0 Å². The third kappa shape index (κ3) is 4.03. The lowest BCUT2D eigenvalue weighted by atomic mass is 10.1. The molecule has 0 bridgehead atoms. The third-order valence-electron chi connectivity index (χ3n) is 4.55. The van der Waals surface area contributed by atoms with E-state index in [1.807, 2.05) is 37.4 Å². The molecule has 1 aliphatic heterocycles. The Hall–Kier alpha value is -2.44. The third-order valence-corrected chi connectivity index (χ3v) is 4.55. The summed E-state index contributed by atoms with van der Waals surface area (Å²) in [6.07, 6.45) is 7.02. The van der Waals surface area contributed by atoms with Gasteiger partial charge in [0, 0.05) is 30.6 Å². The maximum absolute atomic E-state index is 5.98. The zero-order chi connectivity index (χ0) is 17.8. The summed E-state index contributed by atoms with van der Waals surface area (Å²) < 4.78 is 17.2. The minimum atomic E-state index is 0.110. The summed E-state index contributed by atoms with van der Waals surface area (Å²) in [4.78, 5) is 6.25. The average molecular weight is 353 g/mol. The van der Waals surface area contributed by atoms with Crippen LogP contribution in [0.3, 0.4) is 0 Å². The maximum Gasteiger partial charge on any atom is 0.151 e. The van der Waals surface area contributed by atoms with Crippen LogP contribution in [0.15, 0.2) is 51.7 Å². The second kappa shape index (κ2) is 7.85. The van der Waals surface area contributed by atoms with Crippen molar-refractivity contribution < 1.29 is 13.7 Å². The average Bonchev–Trinajstić information content (AvgIpc) is 3.33. The van der Waals surface area contributed by atoms with E-state index >= 15 is 0 Å². The molecule has 0 aromatic carbocycles. The Morgan fingerprint density at radius 2 is 2.08 bits per heavy atom. The molecule has 1 fully saturated rings. The standard InChI is InChI=1S/C20H23N3O3/c1-23(13-16-7-8-20(25-16)19-6-2-3-10-24-19)14-17-11-18(22-26-17)15-5-4-9-21-12-15/h4-5,7-9,11-12,19H,2-3,6,10,13-14H2,1H3/t19-/m1/s1. The molecule has 0 N–H and O–H groups in total. The number of ether oxygens (including phenoxy) is 1. The Kier molecular flexibility index (Phi) is 5.13. The normalized spacial score (nSPS) is 17.7. The SMILES string of the molecule is CN(Cc1cc(-c2cccnc2)no1)Cc1ccc([C@H]2CCCCO2)o1. The molecule has 1 saturated heterocycles. The molecule has 4 rings (SSSR count). The second-order valence-electron chi connectivity index (χ2n) is 6.75. The highest BCUT2D eigenvalue weighted by molar-refractivity contribution is 5.57. The van der Waals surface area contributed by atoms with E-state index in [1.54, 1.807) is 12.4 Å². The summed E-state index contributed by atoms with van der Waals surface area (Å²) in [5.41, 5.74) is 1.75. The van der Waals surface area contributed by atoms with Crippen LogP contribution in [0.25, 0.3) is 11.3 Å². The van der Waals surface area contributed by atoms with Crippen molar-refractivity contribution in [1.29, 1.82) is 0 Å². The van der Waals surface area contributed by atoms with Gasteiger partial charge in [0.25, 0.3) is 0 Å². The lowest BCUT2D eigenvalue weighted by molar-refractivity contribution is 0.000886. The minimum absolute atomic E-state index is 0.110. The maximum atomic E-state index is 5.98. The fraction of sp³-hybridized carbons (Fsp3) is 0.400. The number of pyridine rings is 1. The molecular formula is C20H23N3O3. The van der Waals surface area contributed by atoms with Gasteiger partial charge in [0.1, 0.15) is 23.3 Å². The van der Waals surface area contributed by atoms with Crippen LogP contribution in [0.5, 0.6) is 0 Å². The van der Waals surface area contributed by atoms with Crippen LogP contribution in [-0.4, -0.2) is 28.7 Å². The summed E-state index contributed by atoms with van der Waals surface area (Å²) in [5.74, 6) is 2.68. The molecule has 1 aliphatic rings. The smallest absolute Gasteiger partial charge is 0.151 e. The zero-order valence-electron chi connectivity index (χ0n) is 14.9. The summed E-state index contributed by atoms with van der Waals surface area (Å²) in [6, 6.07) is 9.88. The molecule has 0 saturated carbocycles. The van der Waals surface area contributed by atoms with E-state index in [4.69, 9.17) is 13.7 Å². The molecule has 4 heterocycles. The van der Waals surface area contributed by atoms with E-state index in [-0.39, 0.29) is 6.10 Å². The molecule has 136 valence electrons. The molecule has 1 atom stereocenters. The number of rotatable bonds is 6. The molecule has 0 amide bonds. The quantitative estimate of drug-likeness (QED) is 0.662. The van der Waals surface area contributed by atoms with Crippen molar-refractivity contribution in [3.8, 4) is 11.3 Å². The molecular weight excluding hydrogens is 330 g/mol. The van der Waals surface area contributed by atoms with Gasteiger partial charge in [-0.1, -0.05) is 5.16 Å². The van der Waals surface area contributed by atoms with Gasteiger partial charge in [0.15, 0.2) is 5.76 Å². The molecule has 3 aromatic heterocycles. The lowest BCUT2D eigenvalue weighted by Crippen LogP contribution is -2.16. The zero-order valence-corrected chi connectivity index (χ0v) is 14.9. The van der Waals surface area contributed by atoms with Gasteiger partial charge in [-0.25, -0.2) is 0 Å². The molecule has 26 heavy (non-hydrogen) atoms. The first-order valence-electron chi connectivity index (χ1n) is 9.03. The van der Waals surface area contributed by atoms with Crippen LogP contribution in [0.1, 0.15) is 42.6 Å². The minimum Gasteiger partial charge on any atom is -0.462 e. The van der Waals surface area contributed by atoms with Crippen LogP contribution < -0.4 is 0 Å². The molecule has 6 heteroatoms. The van der Waals surface area contributed by atoms with Crippen LogP contribution in [0.4, 0.5) is 0 Å². The predicted octanol–water partition coefficient (Wildman–Crippen LogP) is 4.20. The van der Waals surface area contributed by atoms with Crippen molar-refractivity contribution in [3.63, 3.8) is 0 Å². The second-order valence-corrected chi connectivity index (χ2v) is 6.75. The van der Waals surface area contributed by atoms with Gasteiger partial charge in [-0.2, -0.15) is 0 Å². The van der Waals surface area contributed by atoms with Gasteiger partial charge in [0.2, 0.25) is 0 Å². The summed E-state index contributed by atoms with van der Waals surface area (Å²) in [5, 5.41) is 4.13. The Bertz CT molecular complexity index is 822. The van der Waals surface area contributed by atoms with Gasteiger partial charge in [-0.3, -0.25) is 9.88 Å². The van der Waals surface area contributed by atoms with Crippen molar-refractivity contribution in [1.82, 2.24) is 15.0 Å². The first-order valence-corrected chi connectivity index (χ1v) is 9.03. The summed E-state index contributed by atoms with van der Waals surface area (Å²) >= 11 is 0. The molecule has 0 spiro atoms. The number of nitrogens with zero attached hydrogens (tertiary/aromatic N) is 3. The molecule has 3 aromatic rings. The largest absolute Gasteiger partial charge is 0.462 e. The van der Waals surface area contributed by atoms with E-state index in [2.05, 4.69) is 15.0 Å². The van der Waals surface area contributed by atoms with Crippen LogP contribution in [-0.2, 0) is 17.8 Å². The number of aromatic nitrogens is 2. The highest BCUT2D eigenvalue weighted by Crippen LogP contribution is 2.29. The highest BCUT2D eigenvalue weighted by atomic mass is 16.5. The number of hydrogen-bond donors (Lipinski definition) is 0. The number of furan rings is 1. The van der Waals surface area contributed by atoms with Crippen LogP contribution >= 0.6 is 0 Å². The fourth-order valence-electron chi connectivity index (χ4n) is 3.24. The monoisotopic (exact) mass is 353 g/mol. The first kappa shape index (κ1) is 17.0. The molecule has 6 nitrogen and oxygen atoms in total. The van der Waals surface area contributed by atoms with Gasteiger partial charge in [0.05, 0.1) is 13.1 Å². The fourth-order valence-corrected chi connectivity index (χ4v) is 3.24. The first-order chi connectivity index (χ1) is 12.8. The molecule has 0 unspecified atom stereocenters. The van der Waals surface area contributed by atoms with Gasteiger partial charge in [-0.05, 0) is 50.6 Å². The Morgan fingerprint density at radius 3 is 2.88 bits per heavy atom. The van der Waals surface area contributed by atoms with Gasteiger partial charge < -0.3 is 13.7 Å². The Labute approximate surface area is 152 Å². The van der Waals surface area contributed by atoms with Crippen molar-refractivity contribution >= 4 is 0 Å². The van der Waals surface area contributed by atoms with E-state index in [0.29, 0.717) is 13.1 Å². The van der Waals surface area contributed by atoms with E-state index in [9.17, 15) is 0 Å². The Morgan fingerprint density at radius 1 is 1.15 bits per heavy atom. The van der Waals surface area contributed by atoms with Crippen molar-refractivity contribution in [3.05, 3.63) is 60.0 Å². The van der Waals surface area contributed by atoms with Gasteiger partial charge in [-0.15, -0.1) is 0 Å². The summed E-state index contributed by atoms with van der Waals surface area (Å²) in [6.45, 7) is 2.18. The predicted molar refractivity (Wildman–Crippen MR) is 96.2 cm³/mol. The highest BCUT2D eigenvalue weighted by Gasteiger charge is 2.20. The lowest BCUT2D eigenvalue weighted by Gasteiger charge is -2.20. The van der Waals surface area contributed by atoms with E-state index in [1.165, 1.54) is 6.42 Å². The summed E-state index contributed by atoms with van der Waals surface area (Å²) in [7, 11) is 2.03. The topological polar surface area (TPSA) is 64.5 Å². The van der Waals surface area contributed by atoms with E-state index < -0.39 is 0 Å². The van der Waals surface area contributed by atoms with Gasteiger partial charge >= 0.3 is 0 Å². The van der Waals surface area contributed by atoms with Crippen LogP contribution in [0.2, 0.25) is 0 Å². The van der Waals surface area contributed by atoms with Crippen molar-refractivity contribution in [2.75, 3.05) is 13.7 Å². The molecule has 0 aliphatic carbocycles. The number of hydrogen-bond acceptors (Lipinski definition) is 6. The van der Waals surface area contributed by atoms with Crippen molar-refractivity contribution in [2.24, 2.45) is 0 Å². The van der Waals surface area contributed by atoms with Crippen molar-refractivity contribution in [2.45, 2.75) is 38.5 Å².